The van der Waals surface area contributed by atoms with E-state index in [0.717, 1.165) is 17.7 Å². The summed E-state index contributed by atoms with van der Waals surface area (Å²) in [4.78, 5) is 7.14. The molecule has 1 aliphatic heterocycles. The van der Waals surface area contributed by atoms with E-state index >= 15 is 0 Å². The Morgan fingerprint density at radius 3 is 2.94 bits per heavy atom. The highest BCUT2D eigenvalue weighted by atomic mass is 15.2. The Morgan fingerprint density at radius 1 is 1.28 bits per heavy atom. The van der Waals surface area contributed by atoms with Crippen molar-refractivity contribution >= 4 is 0 Å². The van der Waals surface area contributed by atoms with Crippen LogP contribution < -0.4 is 5.73 Å². The van der Waals surface area contributed by atoms with Crippen LogP contribution >= 0.6 is 0 Å². The molecule has 3 heteroatoms. The number of likely N-dealkylation sites (tertiary alicyclic amines) is 1. The molecule has 0 aromatic carbocycles. The number of nitrogens with two attached hydrogens (primary N) is 1. The zero-order valence-electron chi connectivity index (χ0n) is 11.0. The zero-order chi connectivity index (χ0) is 12.4. The van der Waals surface area contributed by atoms with Gasteiger partial charge in [-0.1, -0.05) is 18.9 Å². The van der Waals surface area contributed by atoms with E-state index in [4.69, 9.17) is 5.73 Å². The predicted octanol–water partition coefficient (Wildman–Crippen LogP) is 2.35. The highest BCUT2D eigenvalue weighted by Gasteiger charge is 2.39. The molecule has 1 saturated carbocycles. The minimum absolute atomic E-state index is 0.319. The Hall–Kier alpha value is -0.930. The van der Waals surface area contributed by atoms with Gasteiger partial charge in [-0.15, -0.1) is 0 Å². The molecule has 3 atom stereocenters. The Bertz CT molecular complexity index is 379. The topological polar surface area (TPSA) is 42.1 Å². The fourth-order valence-corrected chi connectivity index (χ4v) is 3.83. The second-order valence-corrected chi connectivity index (χ2v) is 5.64. The fraction of sp³-hybridized carbons (Fsp3) is 0.667. The molecule has 3 nitrogen and oxygen atoms in total. The maximum absolute atomic E-state index is 6.02. The first-order valence-corrected chi connectivity index (χ1v) is 7.27. The largest absolute Gasteiger partial charge is 0.329 e. The normalized spacial score (nSPS) is 30.1. The van der Waals surface area contributed by atoms with Crippen molar-refractivity contribution in [2.24, 2.45) is 11.7 Å². The fourth-order valence-electron chi connectivity index (χ4n) is 3.83. The Morgan fingerprint density at radius 2 is 2.17 bits per heavy atom. The number of rotatable bonds is 3. The number of aromatic nitrogens is 1. The van der Waals surface area contributed by atoms with Gasteiger partial charge in [-0.3, -0.25) is 9.88 Å². The van der Waals surface area contributed by atoms with Gasteiger partial charge in [0.05, 0.1) is 11.7 Å². The van der Waals surface area contributed by atoms with Crippen molar-refractivity contribution in [3.05, 3.63) is 30.1 Å². The lowest BCUT2D eigenvalue weighted by atomic mass is 9.85. The molecule has 3 rings (SSSR count). The van der Waals surface area contributed by atoms with Crippen molar-refractivity contribution in [2.45, 2.75) is 44.2 Å². The smallest absolute Gasteiger partial charge is 0.0647 e. The number of hydrogen-bond donors (Lipinski definition) is 1. The molecule has 0 bridgehead atoms. The molecule has 0 spiro atoms. The van der Waals surface area contributed by atoms with E-state index in [9.17, 15) is 0 Å². The van der Waals surface area contributed by atoms with Crippen LogP contribution in [-0.2, 0) is 0 Å². The zero-order valence-corrected chi connectivity index (χ0v) is 11.0. The van der Waals surface area contributed by atoms with Crippen LogP contribution in [0.5, 0.6) is 0 Å². The van der Waals surface area contributed by atoms with E-state index in [2.05, 4.69) is 22.0 Å². The quantitative estimate of drug-likeness (QED) is 0.889. The monoisotopic (exact) mass is 245 g/mol. The summed E-state index contributed by atoms with van der Waals surface area (Å²) in [5.41, 5.74) is 7.17. The van der Waals surface area contributed by atoms with Crippen molar-refractivity contribution in [2.75, 3.05) is 13.1 Å². The van der Waals surface area contributed by atoms with Gasteiger partial charge >= 0.3 is 0 Å². The molecule has 2 fully saturated rings. The Kier molecular flexibility index (Phi) is 3.62. The molecule has 2 heterocycles. The van der Waals surface area contributed by atoms with Gasteiger partial charge in [0.1, 0.15) is 0 Å². The van der Waals surface area contributed by atoms with Gasteiger partial charge in [-0.25, -0.2) is 0 Å². The molecule has 18 heavy (non-hydrogen) atoms. The van der Waals surface area contributed by atoms with Crippen LogP contribution in [0.4, 0.5) is 0 Å². The van der Waals surface area contributed by atoms with E-state index in [1.54, 1.807) is 0 Å². The van der Waals surface area contributed by atoms with E-state index in [0.29, 0.717) is 12.6 Å². The molecule has 3 unspecified atom stereocenters. The summed E-state index contributed by atoms with van der Waals surface area (Å²) in [5.74, 6) is 0.913. The van der Waals surface area contributed by atoms with E-state index in [-0.39, 0.29) is 0 Å². The van der Waals surface area contributed by atoms with E-state index in [1.807, 2.05) is 12.3 Å². The molecular formula is C15H23N3. The molecule has 0 amide bonds. The molecular weight excluding hydrogens is 222 g/mol. The Labute approximate surface area is 109 Å². The third kappa shape index (κ3) is 2.17. The second-order valence-electron chi connectivity index (χ2n) is 5.64. The number of hydrogen-bond acceptors (Lipinski definition) is 3. The second kappa shape index (κ2) is 5.37. The van der Waals surface area contributed by atoms with Crippen LogP contribution in [0, 0.1) is 5.92 Å². The summed E-state index contributed by atoms with van der Waals surface area (Å²) >= 11 is 0. The first-order chi connectivity index (χ1) is 8.90. The van der Waals surface area contributed by atoms with Crippen LogP contribution in [0.1, 0.15) is 43.8 Å². The van der Waals surface area contributed by atoms with Gasteiger partial charge in [-0.05, 0) is 43.9 Å². The summed E-state index contributed by atoms with van der Waals surface area (Å²) in [7, 11) is 0. The lowest BCUT2D eigenvalue weighted by molar-refractivity contribution is 0.133. The van der Waals surface area contributed by atoms with Gasteiger partial charge in [-0.2, -0.15) is 0 Å². The van der Waals surface area contributed by atoms with Crippen LogP contribution in [0.15, 0.2) is 24.4 Å². The van der Waals surface area contributed by atoms with Crippen LogP contribution in [0.3, 0.4) is 0 Å². The summed E-state index contributed by atoms with van der Waals surface area (Å²) in [5, 5.41) is 0. The molecule has 2 N–H and O–H groups in total. The standard InChI is InChI=1S/C15H23N3/c16-11-15(13-6-3-4-9-17-13)18-10-8-12-5-1-2-7-14(12)18/h3-4,6,9,12,14-15H,1-2,5,7-8,10-11,16H2. The minimum Gasteiger partial charge on any atom is -0.329 e. The lowest BCUT2D eigenvalue weighted by Gasteiger charge is -2.36. The highest BCUT2D eigenvalue weighted by molar-refractivity contribution is 5.11. The SMILES string of the molecule is NCC(c1ccccn1)N1CCC2CCCCC21. The van der Waals surface area contributed by atoms with Crippen LogP contribution in [0.2, 0.25) is 0 Å². The van der Waals surface area contributed by atoms with Crippen molar-refractivity contribution in [1.29, 1.82) is 0 Å². The number of nitrogens with zero attached hydrogens (tertiary/aromatic N) is 2. The van der Waals surface area contributed by atoms with Gasteiger partial charge in [0, 0.05) is 18.8 Å². The number of pyridine rings is 1. The average molecular weight is 245 g/mol. The van der Waals surface area contributed by atoms with Crippen molar-refractivity contribution < 1.29 is 0 Å². The van der Waals surface area contributed by atoms with Gasteiger partial charge < -0.3 is 5.73 Å². The van der Waals surface area contributed by atoms with Gasteiger partial charge in [0.2, 0.25) is 0 Å². The summed E-state index contributed by atoms with van der Waals surface area (Å²) in [6.07, 6.45) is 8.82. The first kappa shape index (κ1) is 12.1. The van der Waals surface area contributed by atoms with Crippen LogP contribution in [-0.4, -0.2) is 29.0 Å². The third-order valence-electron chi connectivity index (χ3n) is 4.71. The average Bonchev–Trinajstić information content (AvgIpc) is 2.85. The van der Waals surface area contributed by atoms with Gasteiger partial charge in [0.25, 0.3) is 0 Å². The number of fused-ring (bicyclic) bond motifs is 1. The molecule has 1 aromatic heterocycles. The molecule has 98 valence electrons. The summed E-state index contributed by atoms with van der Waals surface area (Å²) in [6, 6.07) is 7.24. The maximum Gasteiger partial charge on any atom is 0.0647 e. The third-order valence-corrected chi connectivity index (χ3v) is 4.71. The van der Waals surface area contributed by atoms with Crippen molar-refractivity contribution in [1.82, 2.24) is 9.88 Å². The maximum atomic E-state index is 6.02. The van der Waals surface area contributed by atoms with E-state index < -0.39 is 0 Å². The van der Waals surface area contributed by atoms with Crippen LogP contribution in [0.25, 0.3) is 0 Å². The van der Waals surface area contributed by atoms with E-state index in [1.165, 1.54) is 38.6 Å². The van der Waals surface area contributed by atoms with Crippen molar-refractivity contribution in [3.8, 4) is 0 Å². The lowest BCUT2D eigenvalue weighted by Crippen LogP contribution is -2.40. The summed E-state index contributed by atoms with van der Waals surface area (Å²) < 4.78 is 0. The Balaban J connectivity index is 1.80. The predicted molar refractivity (Wildman–Crippen MR) is 73.1 cm³/mol. The molecule has 2 aliphatic rings. The summed E-state index contributed by atoms with van der Waals surface area (Å²) in [6.45, 7) is 1.88. The highest BCUT2D eigenvalue weighted by Crippen LogP contribution is 2.39. The molecule has 1 aliphatic carbocycles. The molecule has 1 saturated heterocycles. The van der Waals surface area contributed by atoms with Crippen molar-refractivity contribution in [3.63, 3.8) is 0 Å². The van der Waals surface area contributed by atoms with Gasteiger partial charge in [0.15, 0.2) is 0 Å². The first-order valence-electron chi connectivity index (χ1n) is 7.27. The minimum atomic E-state index is 0.319. The molecule has 0 radical (unpaired) electrons. The molecule has 1 aromatic rings.